The van der Waals surface area contributed by atoms with Crippen LogP contribution in [0.4, 0.5) is 0 Å². The fourth-order valence-corrected chi connectivity index (χ4v) is 4.81. The topological polar surface area (TPSA) is 95.8 Å². The van der Waals surface area contributed by atoms with Gasteiger partial charge in [0.05, 0.1) is 23.8 Å². The molecule has 0 saturated carbocycles. The highest BCUT2D eigenvalue weighted by Crippen LogP contribution is 2.40. The van der Waals surface area contributed by atoms with Crippen LogP contribution < -0.4 is 4.74 Å². The van der Waals surface area contributed by atoms with Crippen LogP contribution in [0.2, 0.25) is 0 Å². The molecule has 5 rings (SSSR count). The van der Waals surface area contributed by atoms with E-state index >= 15 is 0 Å². The van der Waals surface area contributed by atoms with Gasteiger partial charge in [-0.05, 0) is 53.8 Å². The van der Waals surface area contributed by atoms with E-state index in [4.69, 9.17) is 9.15 Å². The van der Waals surface area contributed by atoms with Gasteiger partial charge in [-0.1, -0.05) is 6.07 Å². The second-order valence-electron chi connectivity index (χ2n) is 7.46. The molecule has 1 amide bonds. The number of aliphatic hydroxyl groups is 1. The number of H-pyrrole nitrogens is 1. The van der Waals surface area contributed by atoms with Gasteiger partial charge in [0.1, 0.15) is 17.6 Å². The number of carbonyl (C=O) groups excluding carboxylic acids is 2. The number of aromatic nitrogens is 1. The largest absolute Gasteiger partial charge is 0.503 e. The van der Waals surface area contributed by atoms with Crippen molar-refractivity contribution in [3.63, 3.8) is 0 Å². The van der Waals surface area contributed by atoms with Gasteiger partial charge in [0.2, 0.25) is 5.78 Å². The molecule has 0 fully saturated rings. The molecule has 0 radical (unpaired) electrons. The molecule has 0 saturated heterocycles. The van der Waals surface area contributed by atoms with Crippen molar-refractivity contribution >= 4 is 33.9 Å². The molecular weight excluding hydrogens is 428 g/mol. The van der Waals surface area contributed by atoms with Gasteiger partial charge >= 0.3 is 0 Å². The molecule has 0 unspecified atom stereocenters. The Balaban J connectivity index is 1.47. The molecule has 162 valence electrons. The maximum Gasteiger partial charge on any atom is 0.290 e. The number of carbonyl (C=O) groups is 2. The number of methoxy groups -OCH3 is 1. The lowest BCUT2D eigenvalue weighted by molar-refractivity contribution is -0.129. The Morgan fingerprint density at radius 3 is 2.88 bits per heavy atom. The highest BCUT2D eigenvalue weighted by Gasteiger charge is 2.45. The van der Waals surface area contributed by atoms with Gasteiger partial charge in [0, 0.05) is 23.6 Å². The maximum absolute atomic E-state index is 13.1. The van der Waals surface area contributed by atoms with E-state index in [-0.39, 0.29) is 11.4 Å². The number of ketones is 1. The lowest BCUT2D eigenvalue weighted by Gasteiger charge is -2.24. The zero-order valence-electron chi connectivity index (χ0n) is 17.2. The van der Waals surface area contributed by atoms with Crippen LogP contribution in [0.1, 0.15) is 27.0 Å². The highest BCUT2D eigenvalue weighted by atomic mass is 32.1. The average molecular weight is 449 g/mol. The van der Waals surface area contributed by atoms with E-state index in [1.165, 1.54) is 22.5 Å². The third-order valence-corrected chi connectivity index (χ3v) is 6.57. The van der Waals surface area contributed by atoms with Crippen LogP contribution in [0.25, 0.3) is 10.9 Å². The van der Waals surface area contributed by atoms with Crippen LogP contribution in [0.5, 0.6) is 5.75 Å². The average Bonchev–Trinajstić information content (AvgIpc) is 3.60. The Morgan fingerprint density at radius 2 is 2.16 bits per heavy atom. The van der Waals surface area contributed by atoms with Gasteiger partial charge in [-0.2, -0.15) is 0 Å². The second kappa shape index (κ2) is 8.05. The number of amides is 1. The summed E-state index contributed by atoms with van der Waals surface area (Å²) >= 11 is 1.27. The van der Waals surface area contributed by atoms with Crippen LogP contribution in [0, 0.1) is 0 Å². The molecule has 4 aromatic rings. The van der Waals surface area contributed by atoms with Crippen molar-refractivity contribution in [3.05, 3.63) is 87.8 Å². The molecule has 1 atom stereocenters. The van der Waals surface area contributed by atoms with Crippen LogP contribution in [0.3, 0.4) is 0 Å². The summed E-state index contributed by atoms with van der Waals surface area (Å²) in [7, 11) is 1.62. The summed E-state index contributed by atoms with van der Waals surface area (Å²) < 4.78 is 10.9. The van der Waals surface area contributed by atoms with Gasteiger partial charge in [-0.3, -0.25) is 9.59 Å². The number of nitrogens with zero attached hydrogens (tertiary/aromatic N) is 1. The molecular formula is C24H20N2O5S. The first kappa shape index (κ1) is 20.1. The predicted octanol–water partition coefficient (Wildman–Crippen LogP) is 4.65. The lowest BCUT2D eigenvalue weighted by Crippen LogP contribution is -2.32. The number of rotatable bonds is 7. The summed E-state index contributed by atoms with van der Waals surface area (Å²) in [5, 5.41) is 13.5. The molecule has 1 aliphatic heterocycles. The minimum Gasteiger partial charge on any atom is -0.503 e. The first-order chi connectivity index (χ1) is 15.6. The zero-order chi connectivity index (χ0) is 22.2. The Hall–Kier alpha value is -3.78. The summed E-state index contributed by atoms with van der Waals surface area (Å²) in [6.07, 6.45) is 3.91. The number of aromatic amines is 1. The standard InChI is InChI=1S/C24H20N2O5S/c1-30-15-6-7-17-16(12-15)14(13-25-17)8-9-26-21(18-4-2-10-31-18)20(23(28)24(26)29)22(27)19-5-3-11-32-19/h2-7,10-13,21,25,28H,8-9H2,1H3/t21-/m0/s1. The maximum atomic E-state index is 13.1. The minimum atomic E-state index is -0.785. The summed E-state index contributed by atoms with van der Waals surface area (Å²) in [5.74, 6) is -0.296. The molecule has 8 heteroatoms. The number of nitrogens with one attached hydrogen (secondary N) is 1. The number of fused-ring (bicyclic) bond motifs is 1. The van der Waals surface area contributed by atoms with Crippen molar-refractivity contribution < 1.29 is 23.8 Å². The summed E-state index contributed by atoms with van der Waals surface area (Å²) in [6.45, 7) is 0.291. The van der Waals surface area contributed by atoms with Gasteiger partial charge < -0.3 is 24.1 Å². The number of hydrogen-bond acceptors (Lipinski definition) is 6. The molecule has 0 bridgehead atoms. The monoisotopic (exact) mass is 448 g/mol. The fraction of sp³-hybridized carbons (Fsp3) is 0.167. The summed E-state index contributed by atoms with van der Waals surface area (Å²) in [5.41, 5.74) is 2.01. The molecule has 1 aromatic carbocycles. The number of thiophene rings is 1. The van der Waals surface area contributed by atoms with E-state index in [2.05, 4.69) is 4.98 Å². The van der Waals surface area contributed by atoms with Crippen molar-refractivity contribution in [3.8, 4) is 5.75 Å². The molecule has 4 heterocycles. The van der Waals surface area contributed by atoms with Crippen LogP contribution in [0.15, 0.2) is 76.1 Å². The van der Waals surface area contributed by atoms with Gasteiger partial charge in [-0.15, -0.1) is 11.3 Å². The third-order valence-electron chi connectivity index (χ3n) is 5.70. The number of Topliss-reactive ketones (excluding diaryl/α,β-unsaturated/α-hetero) is 1. The van der Waals surface area contributed by atoms with E-state index in [0.29, 0.717) is 23.6 Å². The van der Waals surface area contributed by atoms with E-state index < -0.39 is 17.7 Å². The zero-order valence-corrected chi connectivity index (χ0v) is 18.0. The molecule has 0 spiro atoms. The first-order valence-corrected chi connectivity index (χ1v) is 11.0. The predicted molar refractivity (Wildman–Crippen MR) is 120 cm³/mol. The van der Waals surface area contributed by atoms with Crippen LogP contribution in [-0.2, 0) is 11.2 Å². The Bertz CT molecular complexity index is 1320. The van der Waals surface area contributed by atoms with E-state index in [1.54, 1.807) is 36.8 Å². The molecule has 1 aliphatic rings. The SMILES string of the molecule is COc1ccc2[nH]cc(CCN3C(=O)C(O)=C(C(=O)c4cccs4)[C@@H]3c3ccco3)c2c1. The van der Waals surface area contributed by atoms with Gasteiger partial charge in [0.15, 0.2) is 5.76 Å². The van der Waals surface area contributed by atoms with Crippen molar-refractivity contribution in [1.82, 2.24) is 9.88 Å². The summed E-state index contributed by atoms with van der Waals surface area (Å²) in [4.78, 5) is 31.3. The number of hydrogen-bond donors (Lipinski definition) is 2. The Morgan fingerprint density at radius 1 is 1.28 bits per heavy atom. The highest BCUT2D eigenvalue weighted by molar-refractivity contribution is 7.12. The van der Waals surface area contributed by atoms with Gasteiger partial charge in [-0.25, -0.2) is 0 Å². The van der Waals surface area contributed by atoms with Crippen molar-refractivity contribution in [1.29, 1.82) is 0 Å². The molecule has 0 aliphatic carbocycles. The number of benzene rings is 1. The van der Waals surface area contributed by atoms with E-state index in [1.807, 2.05) is 24.4 Å². The molecule has 2 N–H and O–H groups in total. The quantitative estimate of drug-likeness (QED) is 0.401. The van der Waals surface area contributed by atoms with E-state index in [0.717, 1.165) is 22.2 Å². The fourth-order valence-electron chi connectivity index (χ4n) is 4.13. The minimum absolute atomic E-state index is 0.0491. The molecule has 3 aromatic heterocycles. The number of ether oxygens (including phenoxy) is 1. The Labute approximate surface area is 187 Å². The molecule has 7 nitrogen and oxygen atoms in total. The summed E-state index contributed by atoms with van der Waals surface area (Å²) in [6, 6.07) is 11.8. The smallest absolute Gasteiger partial charge is 0.290 e. The Kier molecular flexibility index (Phi) is 5.07. The molecule has 32 heavy (non-hydrogen) atoms. The number of furan rings is 1. The van der Waals surface area contributed by atoms with Crippen LogP contribution >= 0.6 is 11.3 Å². The van der Waals surface area contributed by atoms with E-state index in [9.17, 15) is 14.7 Å². The van der Waals surface area contributed by atoms with Crippen molar-refractivity contribution in [2.45, 2.75) is 12.5 Å². The van der Waals surface area contributed by atoms with Crippen LogP contribution in [-0.4, -0.2) is 40.3 Å². The van der Waals surface area contributed by atoms with Crippen molar-refractivity contribution in [2.24, 2.45) is 0 Å². The normalized spacial score (nSPS) is 16.3. The third kappa shape index (κ3) is 3.29. The first-order valence-electron chi connectivity index (χ1n) is 10.1. The second-order valence-corrected chi connectivity index (χ2v) is 8.41. The van der Waals surface area contributed by atoms with Crippen molar-refractivity contribution in [2.75, 3.05) is 13.7 Å². The lowest BCUT2D eigenvalue weighted by atomic mass is 10.00. The van der Waals surface area contributed by atoms with Gasteiger partial charge in [0.25, 0.3) is 5.91 Å². The number of aliphatic hydroxyl groups excluding tert-OH is 1.